The number of rotatable bonds is 3. The van der Waals surface area contributed by atoms with E-state index in [1.807, 2.05) is 11.8 Å². The molecule has 7 heavy (non-hydrogen) atoms. The van der Waals surface area contributed by atoms with Crippen LogP contribution < -0.4 is 0 Å². The molecule has 44 valence electrons. The van der Waals surface area contributed by atoms with E-state index in [0.717, 1.165) is 5.92 Å². The predicted molar refractivity (Wildman–Crippen MR) is 37.8 cm³/mol. The van der Waals surface area contributed by atoms with Crippen LogP contribution in [-0.4, -0.2) is 12.0 Å². The molecule has 0 aliphatic rings. The zero-order chi connectivity index (χ0) is 5.70. The van der Waals surface area contributed by atoms with Crippen LogP contribution in [0.2, 0.25) is 0 Å². The van der Waals surface area contributed by atoms with Crippen molar-refractivity contribution in [3.63, 3.8) is 0 Å². The minimum absolute atomic E-state index is 0.912. The Hall–Kier alpha value is 0.350. The highest BCUT2D eigenvalue weighted by molar-refractivity contribution is 7.98. The van der Waals surface area contributed by atoms with E-state index < -0.39 is 0 Å². The summed E-state index contributed by atoms with van der Waals surface area (Å²) < 4.78 is 0. The first-order valence-corrected chi connectivity index (χ1v) is 4.19. The predicted octanol–water partition coefficient (Wildman–Crippen LogP) is 2.40. The highest BCUT2D eigenvalue weighted by Gasteiger charge is 1.93. The number of hydrogen-bond acceptors (Lipinski definition) is 1. The molecule has 0 rings (SSSR count). The molecule has 0 saturated carbocycles. The van der Waals surface area contributed by atoms with Crippen LogP contribution in [0, 0.1) is 5.92 Å². The van der Waals surface area contributed by atoms with Crippen molar-refractivity contribution in [1.29, 1.82) is 0 Å². The molecule has 0 aromatic carbocycles. The van der Waals surface area contributed by atoms with E-state index in [-0.39, 0.29) is 0 Å². The Labute approximate surface area is 50.7 Å². The van der Waals surface area contributed by atoms with Gasteiger partial charge in [-0.15, -0.1) is 0 Å². The summed E-state index contributed by atoms with van der Waals surface area (Å²) in [5.74, 6) is 2.23. The molecule has 0 aromatic heterocycles. The van der Waals surface area contributed by atoms with Crippen molar-refractivity contribution < 1.29 is 0 Å². The molecule has 1 atom stereocenters. The number of thioether (sulfide) groups is 1. The first-order valence-electron chi connectivity index (χ1n) is 2.80. The minimum atomic E-state index is 0.912. The summed E-state index contributed by atoms with van der Waals surface area (Å²) in [7, 11) is 0. The summed E-state index contributed by atoms with van der Waals surface area (Å²) >= 11 is 1.93. The van der Waals surface area contributed by atoms with Gasteiger partial charge in [0.2, 0.25) is 0 Å². The highest BCUT2D eigenvalue weighted by Crippen LogP contribution is 2.06. The normalized spacial score (nSPS) is 14.1. The third-order valence-electron chi connectivity index (χ3n) is 1.15. The zero-order valence-corrected chi connectivity index (χ0v) is 6.22. The smallest absolute Gasteiger partial charge is 0.00446 e. The maximum Gasteiger partial charge on any atom is -0.00446 e. The van der Waals surface area contributed by atoms with Crippen LogP contribution >= 0.6 is 11.8 Å². The van der Waals surface area contributed by atoms with Crippen molar-refractivity contribution >= 4 is 11.8 Å². The highest BCUT2D eigenvalue weighted by atomic mass is 32.2. The van der Waals surface area contributed by atoms with Gasteiger partial charge < -0.3 is 0 Å². The largest absolute Gasteiger partial charge is 0.165 e. The van der Waals surface area contributed by atoms with Crippen LogP contribution in [-0.2, 0) is 0 Å². The Morgan fingerprint density at radius 1 is 1.57 bits per heavy atom. The SMILES string of the molecule is CC[C@@H](C)CSC. The molecule has 0 radical (unpaired) electrons. The average Bonchev–Trinajstić information content (AvgIpc) is 1.68. The second-order valence-electron chi connectivity index (χ2n) is 1.97. The van der Waals surface area contributed by atoms with Gasteiger partial charge in [0, 0.05) is 0 Å². The molecular formula is C6H14S. The molecule has 1 heteroatoms. The second kappa shape index (κ2) is 4.51. The maximum absolute atomic E-state index is 2.29. The van der Waals surface area contributed by atoms with Gasteiger partial charge in [-0.1, -0.05) is 20.3 Å². The fourth-order valence-electron chi connectivity index (χ4n) is 0.402. The van der Waals surface area contributed by atoms with Gasteiger partial charge in [-0.3, -0.25) is 0 Å². The van der Waals surface area contributed by atoms with Crippen LogP contribution in [0.25, 0.3) is 0 Å². The molecule has 0 heterocycles. The Morgan fingerprint density at radius 3 is 2.29 bits per heavy atom. The first-order chi connectivity index (χ1) is 3.31. The summed E-state index contributed by atoms with van der Waals surface area (Å²) in [4.78, 5) is 0. The van der Waals surface area contributed by atoms with Crippen molar-refractivity contribution in [2.45, 2.75) is 20.3 Å². The fraction of sp³-hybridized carbons (Fsp3) is 1.00. The van der Waals surface area contributed by atoms with Crippen molar-refractivity contribution in [2.75, 3.05) is 12.0 Å². The molecule has 0 fully saturated rings. The van der Waals surface area contributed by atoms with Crippen molar-refractivity contribution in [2.24, 2.45) is 5.92 Å². The van der Waals surface area contributed by atoms with Crippen LogP contribution in [0.5, 0.6) is 0 Å². The van der Waals surface area contributed by atoms with E-state index in [9.17, 15) is 0 Å². The summed E-state index contributed by atoms with van der Waals surface area (Å²) in [6, 6.07) is 0. The van der Waals surface area contributed by atoms with E-state index >= 15 is 0 Å². The van der Waals surface area contributed by atoms with Gasteiger partial charge >= 0.3 is 0 Å². The molecule has 0 aromatic rings. The lowest BCUT2D eigenvalue weighted by atomic mass is 10.2. The minimum Gasteiger partial charge on any atom is -0.165 e. The summed E-state index contributed by atoms with van der Waals surface area (Å²) in [5, 5.41) is 0. The van der Waals surface area contributed by atoms with E-state index in [4.69, 9.17) is 0 Å². The molecule has 0 unspecified atom stereocenters. The second-order valence-corrected chi connectivity index (χ2v) is 2.88. The van der Waals surface area contributed by atoms with Gasteiger partial charge in [0.05, 0.1) is 0 Å². The molecule has 0 N–H and O–H groups in total. The van der Waals surface area contributed by atoms with Crippen molar-refractivity contribution in [3.05, 3.63) is 0 Å². The van der Waals surface area contributed by atoms with E-state index in [1.165, 1.54) is 12.2 Å². The molecule has 0 aliphatic carbocycles. The topological polar surface area (TPSA) is 0 Å². The van der Waals surface area contributed by atoms with Crippen molar-refractivity contribution in [1.82, 2.24) is 0 Å². The third-order valence-corrected chi connectivity index (χ3v) is 2.05. The maximum atomic E-state index is 2.29. The van der Waals surface area contributed by atoms with Gasteiger partial charge in [0.15, 0.2) is 0 Å². The monoisotopic (exact) mass is 118 g/mol. The molecular weight excluding hydrogens is 104 g/mol. The summed E-state index contributed by atoms with van der Waals surface area (Å²) in [6.45, 7) is 4.53. The quantitative estimate of drug-likeness (QED) is 0.548. The Kier molecular flexibility index (Phi) is 4.73. The van der Waals surface area contributed by atoms with Crippen LogP contribution in [0.3, 0.4) is 0 Å². The fourth-order valence-corrected chi connectivity index (χ4v) is 1.21. The lowest BCUT2D eigenvalue weighted by Crippen LogP contribution is -1.93. The molecule has 0 saturated heterocycles. The van der Waals surface area contributed by atoms with E-state index in [0.29, 0.717) is 0 Å². The average molecular weight is 118 g/mol. The third kappa shape index (κ3) is 4.20. The number of hydrogen-bond donors (Lipinski definition) is 0. The van der Waals surface area contributed by atoms with Crippen LogP contribution in [0.1, 0.15) is 20.3 Å². The van der Waals surface area contributed by atoms with Gasteiger partial charge in [0.25, 0.3) is 0 Å². The molecule has 0 aliphatic heterocycles. The zero-order valence-electron chi connectivity index (χ0n) is 5.40. The van der Waals surface area contributed by atoms with Gasteiger partial charge in [-0.05, 0) is 17.9 Å². The lowest BCUT2D eigenvalue weighted by Gasteiger charge is -2.02. The standard InChI is InChI=1S/C6H14S/c1-4-6(2)5-7-3/h6H,4-5H2,1-3H3/t6-/m1/s1. The Bertz CT molecular complexity index is 35.2. The first kappa shape index (κ1) is 7.35. The van der Waals surface area contributed by atoms with Crippen molar-refractivity contribution in [3.8, 4) is 0 Å². The Balaban J connectivity index is 2.83. The van der Waals surface area contributed by atoms with Crippen LogP contribution in [0.4, 0.5) is 0 Å². The molecule has 0 spiro atoms. The molecule has 0 nitrogen and oxygen atoms in total. The molecule has 0 amide bonds. The summed E-state index contributed by atoms with van der Waals surface area (Å²) in [5.41, 5.74) is 0. The van der Waals surface area contributed by atoms with Gasteiger partial charge in [-0.25, -0.2) is 0 Å². The molecule has 0 bridgehead atoms. The Morgan fingerprint density at radius 2 is 2.14 bits per heavy atom. The van der Waals surface area contributed by atoms with Gasteiger partial charge in [-0.2, -0.15) is 11.8 Å². The van der Waals surface area contributed by atoms with Crippen LogP contribution in [0.15, 0.2) is 0 Å². The van der Waals surface area contributed by atoms with E-state index in [2.05, 4.69) is 20.1 Å². The lowest BCUT2D eigenvalue weighted by molar-refractivity contribution is 0.637. The van der Waals surface area contributed by atoms with Gasteiger partial charge in [0.1, 0.15) is 0 Å². The summed E-state index contributed by atoms with van der Waals surface area (Å²) in [6.07, 6.45) is 3.48. The van der Waals surface area contributed by atoms with E-state index in [1.54, 1.807) is 0 Å².